The maximum Gasteiger partial charge on any atom is 0.221 e. The summed E-state index contributed by atoms with van der Waals surface area (Å²) in [5.41, 5.74) is 1.08. The third-order valence-electron chi connectivity index (χ3n) is 3.77. The molecule has 2 rings (SSSR count). The Bertz CT molecular complexity index is 558. The molecule has 1 saturated heterocycles. The van der Waals surface area contributed by atoms with Crippen LogP contribution in [0.2, 0.25) is 0 Å². The molecule has 1 aliphatic heterocycles. The highest BCUT2D eigenvalue weighted by Gasteiger charge is 2.21. The third kappa shape index (κ3) is 5.13. The fraction of sp³-hybridized carbons (Fsp3) is 0.533. The Hall–Kier alpha value is -1.40. The zero-order valence-electron chi connectivity index (χ0n) is 12.3. The van der Waals surface area contributed by atoms with E-state index in [1.807, 2.05) is 42.2 Å². The maximum atomic E-state index is 11.9. The molecule has 1 aromatic rings. The van der Waals surface area contributed by atoms with Crippen molar-refractivity contribution < 1.29 is 13.2 Å². The molecule has 1 fully saturated rings. The molecule has 1 aromatic carbocycles. The van der Waals surface area contributed by atoms with Crippen LogP contribution in [0.5, 0.6) is 0 Å². The summed E-state index contributed by atoms with van der Waals surface area (Å²) in [6.45, 7) is 3.64. The van der Waals surface area contributed by atoms with Crippen LogP contribution in [0.15, 0.2) is 30.3 Å². The first-order valence-corrected chi connectivity index (χ1v) is 9.05. The molecule has 1 atom stereocenters. The molecule has 21 heavy (non-hydrogen) atoms. The van der Waals surface area contributed by atoms with Gasteiger partial charge in [0.15, 0.2) is 9.84 Å². The van der Waals surface area contributed by atoms with Crippen LogP contribution >= 0.6 is 0 Å². The van der Waals surface area contributed by atoms with Crippen molar-refractivity contribution in [2.75, 3.05) is 31.1 Å². The predicted octanol–water partition coefficient (Wildman–Crippen LogP) is 0.984. The molecule has 1 aliphatic rings. The van der Waals surface area contributed by atoms with Gasteiger partial charge in [0.05, 0.1) is 17.5 Å². The van der Waals surface area contributed by atoms with Gasteiger partial charge in [0, 0.05) is 26.1 Å². The van der Waals surface area contributed by atoms with Crippen molar-refractivity contribution in [3.8, 4) is 0 Å². The molecule has 5 nitrogen and oxygen atoms in total. The summed E-state index contributed by atoms with van der Waals surface area (Å²) < 4.78 is 22.7. The lowest BCUT2D eigenvalue weighted by Gasteiger charge is -2.26. The Morgan fingerprint density at radius 2 is 1.86 bits per heavy atom. The quantitative estimate of drug-likeness (QED) is 0.880. The van der Waals surface area contributed by atoms with Gasteiger partial charge in [-0.15, -0.1) is 0 Å². The van der Waals surface area contributed by atoms with Crippen molar-refractivity contribution in [1.29, 1.82) is 0 Å². The second-order valence-electron chi connectivity index (χ2n) is 5.44. The molecular formula is C15H22N2O3S. The minimum atomic E-state index is -2.85. The van der Waals surface area contributed by atoms with Gasteiger partial charge < -0.3 is 10.2 Å². The zero-order valence-corrected chi connectivity index (χ0v) is 13.1. The molecule has 6 heteroatoms. The first-order valence-electron chi connectivity index (χ1n) is 7.23. The van der Waals surface area contributed by atoms with Crippen LogP contribution in [0.1, 0.15) is 24.9 Å². The second-order valence-corrected chi connectivity index (χ2v) is 7.75. The van der Waals surface area contributed by atoms with Gasteiger partial charge in [0.25, 0.3) is 0 Å². The van der Waals surface area contributed by atoms with E-state index >= 15 is 0 Å². The molecule has 1 unspecified atom stereocenters. The molecule has 0 aromatic heterocycles. The Labute approximate surface area is 126 Å². The topological polar surface area (TPSA) is 66.5 Å². The SMILES string of the molecule is CC(NC(=O)CCN1CCS(=O)(=O)CC1)c1ccccc1. The molecule has 1 heterocycles. The van der Waals surface area contributed by atoms with Crippen LogP contribution in [0, 0.1) is 0 Å². The van der Waals surface area contributed by atoms with E-state index in [2.05, 4.69) is 5.32 Å². The lowest BCUT2D eigenvalue weighted by atomic mass is 10.1. The molecule has 0 aliphatic carbocycles. The molecule has 0 saturated carbocycles. The van der Waals surface area contributed by atoms with Crippen LogP contribution < -0.4 is 5.32 Å². The van der Waals surface area contributed by atoms with Gasteiger partial charge in [-0.25, -0.2) is 8.42 Å². The van der Waals surface area contributed by atoms with Gasteiger partial charge in [0.2, 0.25) is 5.91 Å². The monoisotopic (exact) mass is 310 g/mol. The van der Waals surface area contributed by atoms with Gasteiger partial charge in [-0.05, 0) is 12.5 Å². The minimum absolute atomic E-state index is 0.000200. The summed E-state index contributed by atoms with van der Waals surface area (Å²) in [7, 11) is -2.85. The van der Waals surface area contributed by atoms with Crippen molar-refractivity contribution in [3.63, 3.8) is 0 Å². The summed E-state index contributed by atoms with van der Waals surface area (Å²) in [5.74, 6) is 0.407. The minimum Gasteiger partial charge on any atom is -0.350 e. The van der Waals surface area contributed by atoms with Crippen molar-refractivity contribution in [2.45, 2.75) is 19.4 Å². The summed E-state index contributed by atoms with van der Waals surface area (Å²) in [6, 6.07) is 9.81. The lowest BCUT2D eigenvalue weighted by molar-refractivity contribution is -0.122. The molecule has 116 valence electrons. The zero-order chi connectivity index (χ0) is 15.3. The number of sulfone groups is 1. The fourth-order valence-corrected chi connectivity index (χ4v) is 3.65. The number of carbonyl (C=O) groups is 1. The van der Waals surface area contributed by atoms with E-state index in [0.29, 0.717) is 26.1 Å². The van der Waals surface area contributed by atoms with Crippen LogP contribution in [0.25, 0.3) is 0 Å². The average Bonchev–Trinajstić information content (AvgIpc) is 2.47. The summed E-state index contributed by atoms with van der Waals surface area (Å²) >= 11 is 0. The molecule has 0 radical (unpaired) electrons. The summed E-state index contributed by atoms with van der Waals surface area (Å²) in [5, 5.41) is 2.97. The number of carbonyl (C=O) groups excluding carboxylic acids is 1. The third-order valence-corrected chi connectivity index (χ3v) is 5.38. The molecular weight excluding hydrogens is 288 g/mol. The first-order chi connectivity index (χ1) is 9.96. The first kappa shape index (κ1) is 16.0. The van der Waals surface area contributed by atoms with Crippen molar-refractivity contribution in [1.82, 2.24) is 10.2 Å². The fourth-order valence-electron chi connectivity index (χ4n) is 2.37. The molecule has 1 amide bonds. The highest BCUT2D eigenvalue weighted by molar-refractivity contribution is 7.91. The standard InChI is InChI=1S/C15H22N2O3S/c1-13(14-5-3-2-4-6-14)16-15(18)7-8-17-9-11-21(19,20)12-10-17/h2-6,13H,7-12H2,1H3,(H,16,18). The Morgan fingerprint density at radius 3 is 2.48 bits per heavy atom. The Morgan fingerprint density at radius 1 is 1.24 bits per heavy atom. The Balaban J connectivity index is 1.73. The van der Waals surface area contributed by atoms with Gasteiger partial charge in [-0.1, -0.05) is 30.3 Å². The maximum absolute atomic E-state index is 11.9. The average molecular weight is 310 g/mol. The van der Waals surface area contributed by atoms with E-state index in [1.54, 1.807) is 0 Å². The van der Waals surface area contributed by atoms with Crippen LogP contribution in [-0.4, -0.2) is 50.4 Å². The largest absolute Gasteiger partial charge is 0.350 e. The van der Waals surface area contributed by atoms with E-state index in [9.17, 15) is 13.2 Å². The number of amides is 1. The van der Waals surface area contributed by atoms with E-state index in [-0.39, 0.29) is 23.5 Å². The van der Waals surface area contributed by atoms with Gasteiger partial charge >= 0.3 is 0 Å². The second kappa shape index (κ2) is 7.04. The van der Waals surface area contributed by atoms with Crippen LogP contribution in [0.3, 0.4) is 0 Å². The number of nitrogens with zero attached hydrogens (tertiary/aromatic N) is 1. The van der Waals surface area contributed by atoms with Crippen molar-refractivity contribution in [3.05, 3.63) is 35.9 Å². The Kier molecular flexibility index (Phi) is 5.36. The molecule has 1 N–H and O–H groups in total. The van der Waals surface area contributed by atoms with Crippen molar-refractivity contribution >= 4 is 15.7 Å². The van der Waals surface area contributed by atoms with Crippen molar-refractivity contribution in [2.24, 2.45) is 0 Å². The van der Waals surface area contributed by atoms with Gasteiger partial charge in [-0.2, -0.15) is 0 Å². The van der Waals surface area contributed by atoms with Crippen LogP contribution in [-0.2, 0) is 14.6 Å². The highest BCUT2D eigenvalue weighted by Crippen LogP contribution is 2.11. The normalized spacial score (nSPS) is 19.9. The van der Waals surface area contributed by atoms with Crippen LogP contribution in [0.4, 0.5) is 0 Å². The summed E-state index contributed by atoms with van der Waals surface area (Å²) in [6.07, 6.45) is 0.400. The van der Waals surface area contributed by atoms with E-state index in [0.717, 1.165) is 5.56 Å². The smallest absolute Gasteiger partial charge is 0.221 e. The van der Waals surface area contributed by atoms with Gasteiger partial charge in [-0.3, -0.25) is 4.79 Å². The summed E-state index contributed by atoms with van der Waals surface area (Å²) in [4.78, 5) is 14.0. The van der Waals surface area contributed by atoms with Gasteiger partial charge in [0.1, 0.15) is 0 Å². The number of hydrogen-bond donors (Lipinski definition) is 1. The lowest BCUT2D eigenvalue weighted by Crippen LogP contribution is -2.42. The predicted molar refractivity (Wildman–Crippen MR) is 82.7 cm³/mol. The number of benzene rings is 1. The highest BCUT2D eigenvalue weighted by atomic mass is 32.2. The van der Waals surface area contributed by atoms with E-state index in [1.165, 1.54) is 0 Å². The molecule has 0 spiro atoms. The molecule has 0 bridgehead atoms. The van der Waals surface area contributed by atoms with E-state index < -0.39 is 9.84 Å². The number of rotatable bonds is 5. The van der Waals surface area contributed by atoms with E-state index in [4.69, 9.17) is 0 Å². The number of hydrogen-bond acceptors (Lipinski definition) is 4. The number of nitrogens with one attached hydrogen (secondary N) is 1.